The summed E-state index contributed by atoms with van der Waals surface area (Å²) >= 11 is 0. The molecule has 0 amide bonds. The van der Waals surface area contributed by atoms with Gasteiger partial charge >= 0.3 is 5.97 Å². The Hall–Kier alpha value is -1.56. The standard InChI is InChI=1S/C14H21NO4S/c1-12-6-3-4-7-13(12)15(10-8-14(16)17)9-5-11-20(2,18)19/h3-4,6-7H,5,8-11H2,1-2H3,(H,16,17). The van der Waals surface area contributed by atoms with Crippen LogP contribution in [0.3, 0.4) is 0 Å². The lowest BCUT2D eigenvalue weighted by atomic mass is 10.1. The third-order valence-corrected chi connectivity index (χ3v) is 4.03. The van der Waals surface area contributed by atoms with E-state index < -0.39 is 15.8 Å². The molecule has 0 fully saturated rings. The Bertz CT molecular complexity index is 554. The molecule has 20 heavy (non-hydrogen) atoms. The van der Waals surface area contributed by atoms with Crippen molar-refractivity contribution < 1.29 is 18.3 Å². The lowest BCUT2D eigenvalue weighted by molar-refractivity contribution is -0.136. The highest BCUT2D eigenvalue weighted by molar-refractivity contribution is 7.90. The number of anilines is 1. The summed E-state index contributed by atoms with van der Waals surface area (Å²) < 4.78 is 22.3. The van der Waals surface area contributed by atoms with Crippen molar-refractivity contribution in [1.82, 2.24) is 0 Å². The van der Waals surface area contributed by atoms with Gasteiger partial charge in [-0.05, 0) is 25.0 Å². The van der Waals surface area contributed by atoms with Crippen LogP contribution in [-0.2, 0) is 14.6 Å². The van der Waals surface area contributed by atoms with Crippen LogP contribution < -0.4 is 4.90 Å². The molecule has 5 nitrogen and oxygen atoms in total. The Balaban J connectivity index is 2.75. The summed E-state index contributed by atoms with van der Waals surface area (Å²) in [6.45, 7) is 2.87. The normalized spacial score (nSPS) is 11.3. The molecular formula is C14H21NO4S. The molecular weight excluding hydrogens is 278 g/mol. The van der Waals surface area contributed by atoms with E-state index in [2.05, 4.69) is 0 Å². The molecule has 0 aliphatic carbocycles. The summed E-state index contributed by atoms with van der Waals surface area (Å²) in [5.74, 6) is -0.741. The van der Waals surface area contributed by atoms with Crippen molar-refractivity contribution in [3.05, 3.63) is 29.8 Å². The van der Waals surface area contributed by atoms with E-state index in [0.29, 0.717) is 19.5 Å². The first-order valence-electron chi connectivity index (χ1n) is 6.49. The summed E-state index contributed by atoms with van der Waals surface area (Å²) in [5.41, 5.74) is 2.01. The van der Waals surface area contributed by atoms with Gasteiger partial charge < -0.3 is 10.0 Å². The zero-order chi connectivity index (χ0) is 15.2. The summed E-state index contributed by atoms with van der Waals surface area (Å²) in [6, 6.07) is 7.70. The molecule has 0 saturated heterocycles. The number of nitrogens with zero attached hydrogens (tertiary/aromatic N) is 1. The molecule has 0 unspecified atom stereocenters. The molecule has 1 aromatic rings. The van der Waals surface area contributed by atoms with E-state index in [-0.39, 0.29) is 12.2 Å². The van der Waals surface area contributed by atoms with Crippen molar-refractivity contribution in [3.63, 3.8) is 0 Å². The average Bonchev–Trinajstić information content (AvgIpc) is 2.33. The van der Waals surface area contributed by atoms with Crippen molar-refractivity contribution in [1.29, 1.82) is 0 Å². The van der Waals surface area contributed by atoms with E-state index in [1.54, 1.807) is 0 Å². The predicted octanol–water partition coefficient (Wildman–Crippen LogP) is 1.71. The van der Waals surface area contributed by atoms with Crippen molar-refractivity contribution in [2.24, 2.45) is 0 Å². The minimum Gasteiger partial charge on any atom is -0.481 e. The van der Waals surface area contributed by atoms with E-state index in [1.807, 2.05) is 36.1 Å². The summed E-state index contributed by atoms with van der Waals surface area (Å²) in [7, 11) is -2.99. The monoisotopic (exact) mass is 299 g/mol. The third-order valence-electron chi connectivity index (χ3n) is 2.99. The van der Waals surface area contributed by atoms with Crippen molar-refractivity contribution in [2.45, 2.75) is 19.8 Å². The van der Waals surface area contributed by atoms with Gasteiger partial charge in [0.05, 0.1) is 12.2 Å². The van der Waals surface area contributed by atoms with Gasteiger partial charge in [0.2, 0.25) is 0 Å². The number of rotatable bonds is 8. The van der Waals surface area contributed by atoms with Crippen LogP contribution in [0.15, 0.2) is 24.3 Å². The quantitative estimate of drug-likeness (QED) is 0.791. The zero-order valence-corrected chi connectivity index (χ0v) is 12.7. The van der Waals surface area contributed by atoms with Crippen molar-refractivity contribution in [3.8, 4) is 0 Å². The van der Waals surface area contributed by atoms with Crippen LogP contribution in [0.2, 0.25) is 0 Å². The first kappa shape index (κ1) is 16.5. The predicted molar refractivity (Wildman–Crippen MR) is 80.0 cm³/mol. The topological polar surface area (TPSA) is 74.7 Å². The van der Waals surface area contributed by atoms with Gasteiger partial charge in [-0.2, -0.15) is 0 Å². The van der Waals surface area contributed by atoms with E-state index in [9.17, 15) is 13.2 Å². The second-order valence-corrected chi connectivity index (χ2v) is 7.16. The van der Waals surface area contributed by atoms with Gasteiger partial charge in [-0.3, -0.25) is 4.79 Å². The first-order chi connectivity index (χ1) is 9.29. The fraction of sp³-hybridized carbons (Fsp3) is 0.500. The Labute approximate surface area is 120 Å². The molecule has 0 saturated carbocycles. The summed E-state index contributed by atoms with van der Waals surface area (Å²) in [5, 5.41) is 8.81. The lowest BCUT2D eigenvalue weighted by Gasteiger charge is -2.25. The van der Waals surface area contributed by atoms with Gasteiger partial charge in [0.15, 0.2) is 0 Å². The van der Waals surface area contributed by atoms with E-state index in [4.69, 9.17) is 5.11 Å². The highest BCUT2D eigenvalue weighted by Gasteiger charge is 2.12. The van der Waals surface area contributed by atoms with Crippen LogP contribution in [0.5, 0.6) is 0 Å². The third kappa shape index (κ3) is 6.06. The van der Waals surface area contributed by atoms with Gasteiger partial charge in [0.1, 0.15) is 9.84 Å². The molecule has 0 bridgehead atoms. The molecule has 1 N–H and O–H groups in total. The number of carboxylic acid groups (broad SMARTS) is 1. The molecule has 1 rings (SSSR count). The SMILES string of the molecule is Cc1ccccc1N(CCCS(C)(=O)=O)CCC(=O)O. The van der Waals surface area contributed by atoms with Crippen molar-refractivity contribution in [2.75, 3.05) is 30.0 Å². The molecule has 0 spiro atoms. The number of hydrogen-bond acceptors (Lipinski definition) is 4. The molecule has 0 heterocycles. The molecule has 0 aliphatic heterocycles. The summed E-state index contributed by atoms with van der Waals surface area (Å²) in [4.78, 5) is 12.7. The Kier molecular flexibility index (Phi) is 6.01. The molecule has 0 radical (unpaired) electrons. The minimum atomic E-state index is -2.99. The van der Waals surface area contributed by atoms with Gasteiger partial charge in [-0.15, -0.1) is 0 Å². The number of para-hydroxylation sites is 1. The Morgan fingerprint density at radius 1 is 1.25 bits per heavy atom. The molecule has 0 aromatic heterocycles. The van der Waals surface area contributed by atoms with Crippen LogP contribution in [0.1, 0.15) is 18.4 Å². The maximum atomic E-state index is 11.2. The van der Waals surface area contributed by atoms with Gasteiger partial charge in [0, 0.05) is 25.0 Å². The number of carboxylic acids is 1. The van der Waals surface area contributed by atoms with Crippen LogP contribution >= 0.6 is 0 Å². The number of sulfone groups is 1. The van der Waals surface area contributed by atoms with Gasteiger partial charge in [-0.1, -0.05) is 18.2 Å². The van der Waals surface area contributed by atoms with Gasteiger partial charge in [-0.25, -0.2) is 8.42 Å². The first-order valence-corrected chi connectivity index (χ1v) is 8.56. The van der Waals surface area contributed by atoms with Crippen LogP contribution in [0.4, 0.5) is 5.69 Å². The van der Waals surface area contributed by atoms with E-state index in [0.717, 1.165) is 11.3 Å². The smallest absolute Gasteiger partial charge is 0.305 e. The second kappa shape index (κ2) is 7.28. The van der Waals surface area contributed by atoms with Gasteiger partial charge in [0.25, 0.3) is 0 Å². The molecule has 0 aliphatic rings. The molecule has 1 aromatic carbocycles. The minimum absolute atomic E-state index is 0.0349. The maximum Gasteiger partial charge on any atom is 0.305 e. The number of aliphatic carboxylic acids is 1. The Morgan fingerprint density at radius 3 is 2.45 bits per heavy atom. The Morgan fingerprint density at radius 2 is 1.90 bits per heavy atom. The van der Waals surface area contributed by atoms with Crippen LogP contribution in [-0.4, -0.2) is 44.6 Å². The average molecular weight is 299 g/mol. The highest BCUT2D eigenvalue weighted by Crippen LogP contribution is 2.20. The number of aryl methyl sites for hydroxylation is 1. The van der Waals surface area contributed by atoms with E-state index in [1.165, 1.54) is 6.26 Å². The summed E-state index contributed by atoms with van der Waals surface area (Å²) in [6.07, 6.45) is 1.74. The second-order valence-electron chi connectivity index (χ2n) is 4.90. The van der Waals surface area contributed by atoms with Crippen LogP contribution in [0, 0.1) is 6.92 Å². The lowest BCUT2D eigenvalue weighted by Crippen LogP contribution is -2.29. The number of hydrogen-bond donors (Lipinski definition) is 1. The molecule has 6 heteroatoms. The van der Waals surface area contributed by atoms with Crippen LogP contribution in [0.25, 0.3) is 0 Å². The van der Waals surface area contributed by atoms with Crippen molar-refractivity contribution >= 4 is 21.5 Å². The fourth-order valence-electron chi connectivity index (χ4n) is 2.02. The molecule has 0 atom stereocenters. The number of benzene rings is 1. The number of carbonyl (C=O) groups is 1. The molecule has 112 valence electrons. The fourth-order valence-corrected chi connectivity index (χ4v) is 2.67. The highest BCUT2D eigenvalue weighted by atomic mass is 32.2. The maximum absolute atomic E-state index is 11.2. The van der Waals surface area contributed by atoms with E-state index >= 15 is 0 Å². The zero-order valence-electron chi connectivity index (χ0n) is 11.9. The largest absolute Gasteiger partial charge is 0.481 e.